The van der Waals surface area contributed by atoms with Crippen molar-refractivity contribution >= 4 is 89.1 Å². The molecule has 2 aliphatic heterocycles. The zero-order chi connectivity index (χ0) is 87.2. The second-order valence-corrected chi connectivity index (χ2v) is 29.1. The Labute approximate surface area is 690 Å². The summed E-state index contributed by atoms with van der Waals surface area (Å²) in [6.45, 7) is 7.86. The molecule has 9 N–H and O–H groups in total. The summed E-state index contributed by atoms with van der Waals surface area (Å²) in [4.78, 5) is 215. The van der Waals surface area contributed by atoms with Crippen molar-refractivity contribution in [1.82, 2.24) is 71.1 Å². The number of carbonyl (C=O) groups is 15. The van der Waals surface area contributed by atoms with Gasteiger partial charge in [-0.15, -0.1) is 0 Å². The molecule has 4 rings (SSSR count). The molecule has 0 bridgehead atoms. The number of nitrogens with one attached hydrogen (secondary N) is 6. The molecule has 0 spiro atoms. The van der Waals surface area contributed by atoms with Gasteiger partial charge in [-0.2, -0.15) is 0 Å². The van der Waals surface area contributed by atoms with Gasteiger partial charge in [0.2, 0.25) is 41.4 Å². The maximum Gasteiger partial charge on any atom is 0.323 e. The second kappa shape index (κ2) is 54.9. The van der Waals surface area contributed by atoms with Crippen molar-refractivity contribution in [3.8, 4) is 5.75 Å². The lowest BCUT2D eigenvalue weighted by molar-refractivity contribution is -0.149. The van der Waals surface area contributed by atoms with E-state index in [2.05, 4.69) is 31.9 Å². The van der Waals surface area contributed by atoms with Crippen molar-refractivity contribution in [3.63, 3.8) is 0 Å². The molecule has 7 amide bonds. The Kier molecular flexibility index (Phi) is 46.6. The van der Waals surface area contributed by atoms with Gasteiger partial charge >= 0.3 is 47.8 Å². The van der Waals surface area contributed by atoms with Crippen LogP contribution in [0.1, 0.15) is 88.8 Å². The van der Waals surface area contributed by atoms with Crippen LogP contribution in [0.2, 0.25) is 0 Å². The first kappa shape index (κ1) is 100. The monoisotopic (exact) mass is 1670 g/mol. The fourth-order valence-corrected chi connectivity index (χ4v) is 13.1. The summed E-state index contributed by atoms with van der Waals surface area (Å²) in [6.07, 6.45) is -0.661. The lowest BCUT2D eigenvalue weighted by atomic mass is 9.95. The van der Waals surface area contributed by atoms with Gasteiger partial charge in [0.25, 0.3) is 0 Å². The first-order chi connectivity index (χ1) is 56.4. The Hall–Kier alpha value is -10.0. The average Bonchev–Trinajstić information content (AvgIpc) is 0.868. The van der Waals surface area contributed by atoms with Crippen molar-refractivity contribution in [2.75, 3.05) is 207 Å². The minimum atomic E-state index is -1.34. The summed E-state index contributed by atoms with van der Waals surface area (Å²) in [6, 6.07) is 7.35. The lowest BCUT2D eigenvalue weighted by Crippen LogP contribution is -2.56. The highest BCUT2D eigenvalue weighted by molar-refractivity contribution is 5.93. The van der Waals surface area contributed by atoms with Gasteiger partial charge in [-0.05, 0) is 66.8 Å². The highest BCUT2D eigenvalue weighted by Gasteiger charge is 2.35. The minimum absolute atomic E-state index is 0.0552. The van der Waals surface area contributed by atoms with Crippen molar-refractivity contribution < 1.29 is 115 Å². The van der Waals surface area contributed by atoms with Gasteiger partial charge in [0.15, 0.2) is 0 Å². The molecule has 2 saturated heterocycles. The summed E-state index contributed by atoms with van der Waals surface area (Å²) in [5, 5.41) is 26.5. The number of rotatable bonds is 43. The predicted molar refractivity (Wildman–Crippen MR) is 426 cm³/mol. The van der Waals surface area contributed by atoms with E-state index in [-0.39, 0.29) is 207 Å². The van der Waals surface area contributed by atoms with Crippen LogP contribution in [0.4, 0.5) is 0 Å². The number of carbonyl (C=O) groups excluding carboxylic acids is 15. The number of esters is 8. The third kappa shape index (κ3) is 38.1. The Morgan fingerprint density at radius 1 is 0.381 bits per heavy atom. The Morgan fingerprint density at radius 2 is 0.712 bits per heavy atom. The molecule has 2 aromatic carbocycles. The number of hydrogen-bond donors (Lipinski definition) is 8. The Morgan fingerprint density at radius 3 is 1.04 bits per heavy atom. The molecule has 0 aliphatic carbocycles. The van der Waals surface area contributed by atoms with Gasteiger partial charge in [-0.3, -0.25) is 111 Å². The highest BCUT2D eigenvalue weighted by atomic mass is 16.5. The number of nitrogens with zero attached hydrogens (tertiary/aromatic N) is 8. The highest BCUT2D eigenvalue weighted by Crippen LogP contribution is 2.19. The quantitative estimate of drug-likeness (QED) is 0.0241. The van der Waals surface area contributed by atoms with Gasteiger partial charge in [0, 0.05) is 150 Å². The van der Waals surface area contributed by atoms with Crippen molar-refractivity contribution in [2.45, 2.75) is 122 Å². The van der Waals surface area contributed by atoms with Crippen LogP contribution in [0.5, 0.6) is 5.75 Å². The van der Waals surface area contributed by atoms with Gasteiger partial charge in [0.1, 0.15) is 36.0 Å². The molecule has 2 heterocycles. The number of phenolic OH excluding ortho intramolecular Hbond substituents is 1. The fourth-order valence-electron chi connectivity index (χ4n) is 13.1. The van der Waals surface area contributed by atoms with E-state index in [0.717, 1.165) is 5.56 Å². The van der Waals surface area contributed by atoms with E-state index in [0.29, 0.717) is 37.1 Å². The van der Waals surface area contributed by atoms with Crippen LogP contribution in [0, 0.1) is 11.8 Å². The lowest BCUT2D eigenvalue weighted by Gasteiger charge is -2.36. The van der Waals surface area contributed by atoms with Gasteiger partial charge in [0.05, 0.1) is 96.1 Å². The molecule has 0 aromatic heterocycles. The number of methoxy groups -OCH3 is 8. The molecule has 660 valence electrons. The molecule has 2 aliphatic rings. The van der Waals surface area contributed by atoms with E-state index in [9.17, 15) is 77.0 Å². The molecule has 7 atom stereocenters. The van der Waals surface area contributed by atoms with E-state index >= 15 is 0 Å². The van der Waals surface area contributed by atoms with Crippen LogP contribution in [-0.2, 0) is 129 Å². The summed E-state index contributed by atoms with van der Waals surface area (Å²) >= 11 is 0. The Balaban J connectivity index is 1.61. The number of amides is 7. The fraction of sp³-hybridized carbons (Fsp3) is 0.658. The minimum Gasteiger partial charge on any atom is -0.508 e. The van der Waals surface area contributed by atoms with Crippen LogP contribution in [0.25, 0.3) is 0 Å². The van der Waals surface area contributed by atoms with Crippen molar-refractivity contribution in [2.24, 2.45) is 17.6 Å². The standard InChI is InChI=1S/C79H125N15O24/c1-12-54(2)73(86-74(105)55(3)45-56-17-19-59(95)20-18-56)77(108)85-60(21-24-64(80)96)75(106)82-46-57-13-15-58(16-14-57)47-83-76(107)61(84-66(98)26-23-63(79(110)118-11)94-43-39-91(52-71(103)115-8)35-31-88(49-68(100)112-5)32-36-92(40-44-94)53-72(104)116-9)27-28-81-65(97)25-22-62(78(109)117-10)93-41-37-89(50-69(101)113-6)33-29-87(48-67(99)111-4)30-34-90(38-42-93)51-70(102)114-7/h13-20,54-55,60-63,73,95H,12,21-53H2,1-11H3,(H2,80,96)(H,81,97)(H,82,106)(H,83,107)(H,84,98)(H,85,108)(H,86,105)/t54?,55-,60-,61?,62?,63?,73-/m0/s1. The predicted octanol–water partition coefficient (Wildman–Crippen LogP) is -3.10. The maximum absolute atomic E-state index is 14.5. The summed E-state index contributed by atoms with van der Waals surface area (Å²) in [7, 11) is 9.94. The van der Waals surface area contributed by atoms with Crippen molar-refractivity contribution in [1.29, 1.82) is 0 Å². The van der Waals surface area contributed by atoms with E-state index in [1.807, 2.05) is 16.7 Å². The topological polar surface area (TPSA) is 474 Å². The van der Waals surface area contributed by atoms with Crippen LogP contribution in [0.3, 0.4) is 0 Å². The molecule has 2 aromatic rings. The molecule has 4 unspecified atom stereocenters. The second-order valence-electron chi connectivity index (χ2n) is 29.1. The SMILES string of the molecule is CCC(C)[C@H](NC(=O)[C@@H](C)Cc1ccc(O)cc1)C(=O)N[C@@H](CCC(N)=O)C(=O)NCc1ccc(CNC(=O)C(CCNC(=O)CCC(C(=O)OC)N2CCN(CC(=O)OC)CCN(CC(=O)OC)CCN(CC(=O)OC)CC2)NC(=O)CCC(C(=O)OC)N2CCN(CC(=O)OC)CCN(CC(=O)OC)CCN(CC(=O)OC)CC2)cc1. The zero-order valence-corrected chi connectivity index (χ0v) is 70.2. The summed E-state index contributed by atoms with van der Waals surface area (Å²) < 4.78 is 40.5. The normalized spacial score (nSPS) is 16.9. The largest absolute Gasteiger partial charge is 0.508 e. The molecule has 0 saturated carbocycles. The van der Waals surface area contributed by atoms with Crippen LogP contribution in [0.15, 0.2) is 48.5 Å². The number of benzene rings is 2. The number of phenols is 1. The third-order valence-electron chi connectivity index (χ3n) is 20.7. The molecule has 0 radical (unpaired) electrons. The number of primary amides is 1. The van der Waals surface area contributed by atoms with Crippen LogP contribution >= 0.6 is 0 Å². The van der Waals surface area contributed by atoms with Crippen LogP contribution < -0.4 is 37.6 Å². The first-order valence-electron chi connectivity index (χ1n) is 39.6. The molecule has 118 heavy (non-hydrogen) atoms. The molecule has 2 fully saturated rings. The number of hydrogen-bond acceptors (Lipinski definition) is 32. The third-order valence-corrected chi connectivity index (χ3v) is 20.7. The van der Waals surface area contributed by atoms with E-state index in [1.54, 1.807) is 79.6 Å². The van der Waals surface area contributed by atoms with E-state index in [1.165, 1.54) is 69.0 Å². The van der Waals surface area contributed by atoms with Crippen molar-refractivity contribution in [3.05, 3.63) is 65.2 Å². The summed E-state index contributed by atoms with van der Waals surface area (Å²) in [5.41, 5.74) is 7.44. The van der Waals surface area contributed by atoms with E-state index in [4.69, 9.17) is 43.6 Å². The van der Waals surface area contributed by atoms with E-state index < -0.39 is 125 Å². The van der Waals surface area contributed by atoms with Gasteiger partial charge < -0.3 is 80.6 Å². The van der Waals surface area contributed by atoms with Gasteiger partial charge in [-0.1, -0.05) is 63.6 Å². The molecular weight excluding hydrogens is 1540 g/mol. The average molecular weight is 1670 g/mol. The first-order valence-corrected chi connectivity index (χ1v) is 39.6. The number of nitrogens with two attached hydrogens (primary N) is 1. The number of aromatic hydroxyl groups is 1. The molecule has 39 nitrogen and oxygen atoms in total. The van der Waals surface area contributed by atoms with Gasteiger partial charge in [-0.25, -0.2) is 0 Å². The maximum atomic E-state index is 14.5. The molecular formula is C79H125N15O24. The zero-order valence-electron chi connectivity index (χ0n) is 70.2. The molecule has 39 heteroatoms. The summed E-state index contributed by atoms with van der Waals surface area (Å²) in [5.74, 6) is -9.72. The smallest absolute Gasteiger partial charge is 0.323 e. The Bertz CT molecular complexity index is 3490. The van der Waals surface area contributed by atoms with Crippen LogP contribution in [-0.4, -0.2) is 371 Å². The number of ether oxygens (including phenoxy) is 8.